The Morgan fingerprint density at radius 3 is 2.67 bits per heavy atom. The van der Waals surface area contributed by atoms with Crippen molar-refractivity contribution in [1.29, 1.82) is 0 Å². The monoisotopic (exact) mass is 301 g/mol. The molecule has 0 aromatic rings. The average molecular weight is 301 g/mol. The number of nitrogens with one attached hydrogen (secondary N) is 1. The Bertz CT molecular complexity index is 238. The molecule has 126 valence electrons. The fourth-order valence-electron chi connectivity index (χ4n) is 2.88. The van der Waals surface area contributed by atoms with E-state index in [2.05, 4.69) is 19.2 Å². The maximum atomic E-state index is 9.86. The molecule has 2 N–H and O–H groups in total. The summed E-state index contributed by atoms with van der Waals surface area (Å²) >= 11 is 0. The Labute approximate surface area is 130 Å². The first-order valence-corrected chi connectivity index (χ1v) is 8.78. The van der Waals surface area contributed by atoms with Gasteiger partial charge >= 0.3 is 0 Å². The molecule has 4 heteroatoms. The summed E-state index contributed by atoms with van der Waals surface area (Å²) in [6, 6.07) is 0. The second-order valence-corrected chi connectivity index (χ2v) is 6.37. The molecule has 4 nitrogen and oxygen atoms in total. The maximum absolute atomic E-state index is 9.86. The molecule has 3 unspecified atom stereocenters. The normalized spacial score (nSPS) is 24.1. The first-order valence-electron chi connectivity index (χ1n) is 8.78. The summed E-state index contributed by atoms with van der Waals surface area (Å²) in [5.41, 5.74) is 0. The van der Waals surface area contributed by atoms with Gasteiger partial charge in [0.2, 0.25) is 0 Å². The Morgan fingerprint density at radius 2 is 1.90 bits per heavy atom. The van der Waals surface area contributed by atoms with Crippen LogP contribution >= 0.6 is 0 Å². The number of rotatable bonds is 12. The zero-order chi connectivity index (χ0) is 15.3. The van der Waals surface area contributed by atoms with Crippen LogP contribution in [-0.4, -0.2) is 50.7 Å². The van der Waals surface area contributed by atoms with Crippen LogP contribution < -0.4 is 5.32 Å². The van der Waals surface area contributed by atoms with Crippen molar-refractivity contribution in [3.05, 3.63) is 0 Å². The largest absolute Gasteiger partial charge is 0.389 e. The molecule has 0 aliphatic heterocycles. The lowest BCUT2D eigenvalue weighted by Crippen LogP contribution is -2.36. The molecule has 0 radical (unpaired) electrons. The van der Waals surface area contributed by atoms with Gasteiger partial charge in [-0.25, -0.2) is 0 Å². The van der Waals surface area contributed by atoms with Gasteiger partial charge in [0.1, 0.15) is 0 Å². The molecule has 3 atom stereocenters. The molecule has 0 bridgehead atoms. The van der Waals surface area contributed by atoms with Gasteiger partial charge in [-0.1, -0.05) is 39.5 Å². The summed E-state index contributed by atoms with van der Waals surface area (Å²) in [4.78, 5) is 0. The minimum atomic E-state index is -0.417. The van der Waals surface area contributed by atoms with Gasteiger partial charge in [-0.2, -0.15) is 0 Å². The molecule has 1 saturated carbocycles. The predicted molar refractivity (Wildman–Crippen MR) is 86.5 cm³/mol. The average Bonchev–Trinajstić information content (AvgIpc) is 2.48. The number of hydrogen-bond acceptors (Lipinski definition) is 4. The summed E-state index contributed by atoms with van der Waals surface area (Å²) in [7, 11) is 0. The molecule has 1 rings (SSSR count). The van der Waals surface area contributed by atoms with Gasteiger partial charge in [-0.3, -0.25) is 0 Å². The van der Waals surface area contributed by atoms with Crippen molar-refractivity contribution in [1.82, 2.24) is 5.32 Å². The Morgan fingerprint density at radius 1 is 1.14 bits per heavy atom. The molecule has 0 saturated heterocycles. The first kappa shape index (κ1) is 18.9. The molecule has 0 spiro atoms. The molecular formula is C17H35NO3. The third-order valence-corrected chi connectivity index (χ3v) is 4.40. The third-order valence-electron chi connectivity index (χ3n) is 4.40. The zero-order valence-electron chi connectivity index (χ0n) is 14.0. The predicted octanol–water partition coefficient (Wildman–Crippen LogP) is 2.60. The van der Waals surface area contributed by atoms with Gasteiger partial charge in [-0.05, 0) is 31.2 Å². The van der Waals surface area contributed by atoms with E-state index in [1.807, 2.05) is 0 Å². The van der Waals surface area contributed by atoms with Crippen LogP contribution in [0.4, 0.5) is 0 Å². The lowest BCUT2D eigenvalue weighted by Gasteiger charge is -2.29. The van der Waals surface area contributed by atoms with Crippen LogP contribution in [0.5, 0.6) is 0 Å². The molecule has 1 aliphatic rings. The van der Waals surface area contributed by atoms with E-state index in [1.165, 1.54) is 25.7 Å². The Hall–Kier alpha value is -0.160. The van der Waals surface area contributed by atoms with E-state index < -0.39 is 6.10 Å². The minimum Gasteiger partial charge on any atom is -0.389 e. The Kier molecular flexibility index (Phi) is 11.1. The van der Waals surface area contributed by atoms with Gasteiger partial charge in [0.05, 0.1) is 25.9 Å². The van der Waals surface area contributed by atoms with Gasteiger partial charge in [-0.15, -0.1) is 0 Å². The van der Waals surface area contributed by atoms with Gasteiger partial charge in [0.25, 0.3) is 0 Å². The summed E-state index contributed by atoms with van der Waals surface area (Å²) in [6.45, 7) is 8.55. The van der Waals surface area contributed by atoms with Crippen LogP contribution in [0.2, 0.25) is 0 Å². The molecule has 0 aromatic carbocycles. The number of hydrogen-bond donors (Lipinski definition) is 2. The topological polar surface area (TPSA) is 50.7 Å². The van der Waals surface area contributed by atoms with Crippen LogP contribution in [0.1, 0.15) is 52.4 Å². The van der Waals surface area contributed by atoms with Crippen LogP contribution in [-0.2, 0) is 9.47 Å². The summed E-state index contributed by atoms with van der Waals surface area (Å²) in [5, 5.41) is 13.2. The quantitative estimate of drug-likeness (QED) is 0.544. The molecule has 1 aliphatic carbocycles. The van der Waals surface area contributed by atoms with Crippen LogP contribution in [0, 0.1) is 11.8 Å². The van der Waals surface area contributed by atoms with Crippen molar-refractivity contribution in [2.24, 2.45) is 11.8 Å². The van der Waals surface area contributed by atoms with Crippen molar-refractivity contribution in [2.75, 3.05) is 39.5 Å². The van der Waals surface area contributed by atoms with E-state index in [4.69, 9.17) is 9.47 Å². The SMILES string of the molecule is CCCCOCCOCC(O)CNCC1CCCCC1C. The summed E-state index contributed by atoms with van der Waals surface area (Å²) in [6.07, 6.45) is 7.28. The van der Waals surface area contributed by atoms with Gasteiger partial charge in [0, 0.05) is 13.2 Å². The van der Waals surface area contributed by atoms with Crippen LogP contribution in [0.25, 0.3) is 0 Å². The Balaban J connectivity index is 1.90. The van der Waals surface area contributed by atoms with Crippen molar-refractivity contribution >= 4 is 0 Å². The molecular weight excluding hydrogens is 266 g/mol. The molecule has 0 aromatic heterocycles. The lowest BCUT2D eigenvalue weighted by atomic mass is 9.80. The molecule has 0 amide bonds. The lowest BCUT2D eigenvalue weighted by molar-refractivity contribution is 0.00347. The highest BCUT2D eigenvalue weighted by Gasteiger charge is 2.20. The smallest absolute Gasteiger partial charge is 0.0897 e. The van der Waals surface area contributed by atoms with E-state index in [1.54, 1.807) is 0 Å². The minimum absolute atomic E-state index is 0.393. The second kappa shape index (κ2) is 12.4. The van der Waals surface area contributed by atoms with Crippen molar-refractivity contribution in [3.63, 3.8) is 0 Å². The molecule has 21 heavy (non-hydrogen) atoms. The number of aliphatic hydroxyl groups is 1. The summed E-state index contributed by atoms with van der Waals surface area (Å²) in [5.74, 6) is 1.60. The maximum Gasteiger partial charge on any atom is 0.0897 e. The summed E-state index contributed by atoms with van der Waals surface area (Å²) < 4.78 is 10.8. The number of unbranched alkanes of at least 4 members (excludes halogenated alkanes) is 1. The number of ether oxygens (including phenoxy) is 2. The van der Waals surface area contributed by atoms with E-state index in [0.29, 0.717) is 26.4 Å². The van der Waals surface area contributed by atoms with Crippen molar-refractivity contribution in [3.8, 4) is 0 Å². The van der Waals surface area contributed by atoms with E-state index in [0.717, 1.165) is 37.8 Å². The third kappa shape index (κ3) is 9.46. The highest BCUT2D eigenvalue weighted by molar-refractivity contribution is 4.74. The van der Waals surface area contributed by atoms with Crippen LogP contribution in [0.3, 0.4) is 0 Å². The van der Waals surface area contributed by atoms with Crippen LogP contribution in [0.15, 0.2) is 0 Å². The van der Waals surface area contributed by atoms with E-state index in [-0.39, 0.29) is 0 Å². The highest BCUT2D eigenvalue weighted by Crippen LogP contribution is 2.28. The zero-order valence-corrected chi connectivity index (χ0v) is 14.0. The van der Waals surface area contributed by atoms with Gasteiger partial charge in [0.15, 0.2) is 0 Å². The standard InChI is InChI=1S/C17H35NO3/c1-3-4-9-20-10-11-21-14-17(19)13-18-12-16-8-6-5-7-15(16)2/h15-19H,3-14H2,1-2H3. The second-order valence-electron chi connectivity index (χ2n) is 6.37. The van der Waals surface area contributed by atoms with Crippen molar-refractivity contribution < 1.29 is 14.6 Å². The van der Waals surface area contributed by atoms with E-state index >= 15 is 0 Å². The fourth-order valence-corrected chi connectivity index (χ4v) is 2.88. The number of aliphatic hydroxyl groups excluding tert-OH is 1. The van der Waals surface area contributed by atoms with Crippen molar-refractivity contribution in [2.45, 2.75) is 58.5 Å². The molecule has 0 heterocycles. The molecule has 1 fully saturated rings. The van der Waals surface area contributed by atoms with E-state index in [9.17, 15) is 5.11 Å². The fraction of sp³-hybridized carbons (Fsp3) is 1.00. The highest BCUT2D eigenvalue weighted by atomic mass is 16.5. The van der Waals surface area contributed by atoms with Gasteiger partial charge < -0.3 is 19.9 Å². The first-order chi connectivity index (χ1) is 10.2.